The molecule has 0 fully saturated rings. The summed E-state index contributed by atoms with van der Waals surface area (Å²) in [6.07, 6.45) is 0. The summed E-state index contributed by atoms with van der Waals surface area (Å²) in [5.41, 5.74) is 7.02. The molecule has 24 heavy (non-hydrogen) atoms. The highest BCUT2D eigenvalue weighted by Crippen LogP contribution is 2.43. The zero-order valence-electron chi connectivity index (χ0n) is 13.4. The van der Waals surface area contributed by atoms with Crippen LogP contribution in [0.4, 0.5) is 0 Å². The molecule has 0 saturated heterocycles. The Bertz CT molecular complexity index is 1150. The summed E-state index contributed by atoms with van der Waals surface area (Å²) in [7, 11) is 2.14. The van der Waals surface area contributed by atoms with Gasteiger partial charge in [0.25, 0.3) is 0 Å². The third kappa shape index (κ3) is 1.74. The van der Waals surface area contributed by atoms with Gasteiger partial charge in [0, 0.05) is 23.4 Å². The second-order valence-corrected chi connectivity index (χ2v) is 6.14. The van der Waals surface area contributed by atoms with Gasteiger partial charge < -0.3 is 4.57 Å². The SMILES string of the molecule is Cn1c(-c2ccccc2)c2c3ccccc3nc-2c2ccccc21. The molecule has 0 spiro atoms. The van der Waals surface area contributed by atoms with Gasteiger partial charge in [-0.2, -0.15) is 0 Å². The van der Waals surface area contributed by atoms with Crippen LogP contribution in [0, 0.1) is 0 Å². The maximum Gasteiger partial charge on any atom is 0.0830 e. The minimum absolute atomic E-state index is 1.06. The van der Waals surface area contributed by atoms with Crippen LogP contribution in [0.1, 0.15) is 0 Å². The first-order valence-electron chi connectivity index (χ1n) is 8.16. The smallest absolute Gasteiger partial charge is 0.0830 e. The van der Waals surface area contributed by atoms with Crippen molar-refractivity contribution in [1.82, 2.24) is 9.55 Å². The van der Waals surface area contributed by atoms with Gasteiger partial charge in [-0.3, -0.25) is 0 Å². The predicted molar refractivity (Wildman–Crippen MR) is 100 cm³/mol. The molecule has 0 radical (unpaired) electrons. The largest absolute Gasteiger partial charge is 0.343 e. The van der Waals surface area contributed by atoms with Gasteiger partial charge in [0.05, 0.1) is 22.4 Å². The van der Waals surface area contributed by atoms with Gasteiger partial charge in [0.2, 0.25) is 0 Å². The molecular formula is C22H16N2. The Morgan fingerprint density at radius 1 is 0.708 bits per heavy atom. The fourth-order valence-corrected chi connectivity index (χ4v) is 3.71. The third-order valence-corrected chi connectivity index (χ3v) is 4.78. The van der Waals surface area contributed by atoms with Crippen molar-refractivity contribution < 1.29 is 0 Å². The number of hydrogen-bond acceptors (Lipinski definition) is 1. The lowest BCUT2D eigenvalue weighted by Gasteiger charge is -2.18. The second kappa shape index (κ2) is 4.93. The number of para-hydroxylation sites is 2. The molecule has 0 amide bonds. The first kappa shape index (κ1) is 13.3. The Labute approximate surface area is 140 Å². The molecule has 0 unspecified atom stereocenters. The molecule has 3 aromatic rings. The van der Waals surface area contributed by atoms with Crippen molar-refractivity contribution in [2.75, 3.05) is 0 Å². The van der Waals surface area contributed by atoms with Crippen LogP contribution in [-0.4, -0.2) is 9.55 Å². The van der Waals surface area contributed by atoms with E-state index in [4.69, 9.17) is 4.98 Å². The maximum atomic E-state index is 4.96. The van der Waals surface area contributed by atoms with Crippen LogP contribution in [0.25, 0.3) is 44.3 Å². The standard InChI is InChI=1S/C22H16N2/c1-24-19-14-8-6-12-17(19)21-20(16-11-5-7-13-18(16)23-21)22(24)15-9-3-2-4-10-15/h2-14H,1H3. The number of fused-ring (bicyclic) bond motifs is 5. The van der Waals surface area contributed by atoms with Gasteiger partial charge in [-0.25, -0.2) is 4.98 Å². The van der Waals surface area contributed by atoms with E-state index >= 15 is 0 Å². The molecular weight excluding hydrogens is 292 g/mol. The zero-order valence-corrected chi connectivity index (χ0v) is 13.4. The van der Waals surface area contributed by atoms with Crippen molar-refractivity contribution in [1.29, 1.82) is 0 Å². The number of rotatable bonds is 1. The van der Waals surface area contributed by atoms with Gasteiger partial charge >= 0.3 is 0 Å². The number of hydrogen-bond donors (Lipinski definition) is 0. The molecule has 2 aliphatic heterocycles. The van der Waals surface area contributed by atoms with Crippen molar-refractivity contribution in [3.8, 4) is 22.5 Å². The van der Waals surface area contributed by atoms with Crippen LogP contribution in [0.15, 0.2) is 78.9 Å². The minimum Gasteiger partial charge on any atom is -0.343 e. The lowest BCUT2D eigenvalue weighted by molar-refractivity contribution is 0.964. The molecule has 0 N–H and O–H groups in total. The van der Waals surface area contributed by atoms with E-state index in [1.807, 2.05) is 0 Å². The summed E-state index contributed by atoms with van der Waals surface area (Å²) in [5, 5.41) is 2.42. The normalized spacial score (nSPS) is 11.5. The van der Waals surface area contributed by atoms with Crippen molar-refractivity contribution in [3.05, 3.63) is 78.9 Å². The van der Waals surface area contributed by atoms with Gasteiger partial charge in [0.1, 0.15) is 0 Å². The number of pyridine rings is 1. The monoisotopic (exact) mass is 308 g/mol. The lowest BCUT2D eigenvalue weighted by Crippen LogP contribution is -2.02. The van der Waals surface area contributed by atoms with Crippen LogP contribution in [0.3, 0.4) is 0 Å². The fourth-order valence-electron chi connectivity index (χ4n) is 3.71. The van der Waals surface area contributed by atoms with Crippen molar-refractivity contribution >= 4 is 21.8 Å². The Kier molecular flexibility index (Phi) is 2.74. The van der Waals surface area contributed by atoms with E-state index in [-0.39, 0.29) is 0 Å². The van der Waals surface area contributed by atoms with E-state index in [2.05, 4.69) is 90.5 Å². The predicted octanol–water partition coefficient (Wildman–Crippen LogP) is 5.50. The molecule has 0 aromatic heterocycles. The molecule has 0 saturated carbocycles. The molecule has 2 nitrogen and oxygen atoms in total. The van der Waals surface area contributed by atoms with Crippen LogP contribution < -0.4 is 0 Å². The van der Waals surface area contributed by atoms with Crippen LogP contribution in [0.2, 0.25) is 0 Å². The summed E-state index contributed by atoms with van der Waals surface area (Å²) in [4.78, 5) is 4.96. The molecule has 3 aromatic carbocycles. The quantitative estimate of drug-likeness (QED) is 0.400. The summed E-state index contributed by atoms with van der Waals surface area (Å²) in [6.45, 7) is 0. The molecule has 2 heteroatoms. The van der Waals surface area contributed by atoms with E-state index in [9.17, 15) is 0 Å². The highest BCUT2D eigenvalue weighted by molar-refractivity contribution is 6.11. The number of aryl methyl sites for hydroxylation is 1. The Morgan fingerprint density at radius 2 is 1.38 bits per heavy atom. The molecule has 5 rings (SSSR count). The van der Waals surface area contributed by atoms with Gasteiger partial charge in [-0.15, -0.1) is 0 Å². The van der Waals surface area contributed by atoms with E-state index < -0.39 is 0 Å². The zero-order chi connectivity index (χ0) is 16.1. The van der Waals surface area contributed by atoms with Gasteiger partial charge in [0.15, 0.2) is 0 Å². The molecule has 0 bridgehead atoms. The highest BCUT2D eigenvalue weighted by Gasteiger charge is 2.22. The molecule has 0 aliphatic carbocycles. The van der Waals surface area contributed by atoms with Crippen LogP contribution in [-0.2, 0) is 7.05 Å². The van der Waals surface area contributed by atoms with Crippen molar-refractivity contribution in [2.45, 2.75) is 0 Å². The van der Waals surface area contributed by atoms with E-state index in [1.54, 1.807) is 0 Å². The van der Waals surface area contributed by atoms with E-state index in [0.29, 0.717) is 0 Å². The molecule has 2 heterocycles. The Hall–Kier alpha value is -3.13. The van der Waals surface area contributed by atoms with Gasteiger partial charge in [-0.05, 0) is 17.7 Å². The highest BCUT2D eigenvalue weighted by atomic mass is 15.0. The fraction of sp³-hybridized carbons (Fsp3) is 0.0455. The first-order chi connectivity index (χ1) is 11.8. The molecule has 0 atom stereocenters. The summed E-state index contributed by atoms with van der Waals surface area (Å²) < 4.78 is 2.29. The summed E-state index contributed by atoms with van der Waals surface area (Å²) in [5.74, 6) is 0. The first-order valence-corrected chi connectivity index (χ1v) is 8.16. The van der Waals surface area contributed by atoms with Crippen molar-refractivity contribution in [3.63, 3.8) is 0 Å². The summed E-state index contributed by atoms with van der Waals surface area (Å²) >= 11 is 0. The topological polar surface area (TPSA) is 17.8 Å². The number of nitrogens with zero attached hydrogens (tertiary/aromatic N) is 2. The summed E-state index contributed by atoms with van der Waals surface area (Å²) in [6, 6.07) is 27.5. The average Bonchev–Trinajstić information content (AvgIpc) is 3.03. The van der Waals surface area contributed by atoms with Crippen LogP contribution in [0.5, 0.6) is 0 Å². The van der Waals surface area contributed by atoms with E-state index in [1.165, 1.54) is 33.1 Å². The Morgan fingerprint density at radius 3 is 2.21 bits per heavy atom. The molecule has 114 valence electrons. The number of benzene rings is 3. The lowest BCUT2D eigenvalue weighted by atomic mass is 9.97. The minimum atomic E-state index is 1.06. The molecule has 2 aliphatic rings. The number of aromatic nitrogens is 2. The second-order valence-electron chi connectivity index (χ2n) is 6.14. The van der Waals surface area contributed by atoms with E-state index in [0.717, 1.165) is 11.2 Å². The maximum absolute atomic E-state index is 4.96. The average molecular weight is 308 g/mol. The van der Waals surface area contributed by atoms with Crippen LogP contribution >= 0.6 is 0 Å². The third-order valence-electron chi connectivity index (χ3n) is 4.78. The Balaban J connectivity index is 2.08. The van der Waals surface area contributed by atoms with Gasteiger partial charge in [-0.1, -0.05) is 66.7 Å². The van der Waals surface area contributed by atoms with Crippen molar-refractivity contribution in [2.24, 2.45) is 7.05 Å².